The highest BCUT2D eigenvalue weighted by Crippen LogP contribution is 2.14. The van der Waals surface area contributed by atoms with Crippen LogP contribution < -0.4 is 4.72 Å². The Morgan fingerprint density at radius 3 is 2.32 bits per heavy atom. The zero-order valence-corrected chi connectivity index (χ0v) is 14.8. The van der Waals surface area contributed by atoms with E-state index in [9.17, 15) is 8.42 Å². The quantitative estimate of drug-likeness (QED) is 0.655. The molecule has 0 saturated heterocycles. The molecule has 2 aromatic carbocycles. The number of rotatable bonds is 7. The summed E-state index contributed by atoms with van der Waals surface area (Å²) >= 11 is 5.78. The van der Waals surface area contributed by atoms with Crippen LogP contribution >= 0.6 is 11.6 Å². The molecule has 0 fully saturated rings. The molecule has 3 rings (SSSR count). The molecule has 2 N–H and O–H groups in total. The fraction of sp³-hybridized carbons (Fsp3) is 0.188. The van der Waals surface area contributed by atoms with Crippen molar-refractivity contribution in [2.45, 2.75) is 17.7 Å². The maximum Gasteiger partial charge on any atom is 0.240 e. The number of H-pyrrole nitrogens is 1. The first-order valence-corrected chi connectivity index (χ1v) is 9.44. The molecule has 0 aliphatic heterocycles. The molecule has 1 heterocycles. The molecule has 0 bridgehead atoms. The molecule has 25 heavy (non-hydrogen) atoms. The number of nitrogens with one attached hydrogen (secondary N) is 2. The van der Waals surface area contributed by atoms with E-state index in [1.54, 1.807) is 12.1 Å². The Morgan fingerprint density at radius 1 is 1.00 bits per heavy atom. The van der Waals surface area contributed by atoms with Gasteiger partial charge in [0.15, 0.2) is 5.82 Å². The van der Waals surface area contributed by atoms with E-state index in [1.165, 1.54) is 12.1 Å². The van der Waals surface area contributed by atoms with Gasteiger partial charge in [0.25, 0.3) is 0 Å². The summed E-state index contributed by atoms with van der Waals surface area (Å²) in [5.74, 6) is 0.628. The van der Waals surface area contributed by atoms with Crippen molar-refractivity contribution in [3.8, 4) is 0 Å². The maximum absolute atomic E-state index is 12.2. The number of nitrogens with zero attached hydrogens (tertiary/aromatic N) is 3. The molecular weight excluding hydrogens is 362 g/mol. The van der Waals surface area contributed by atoms with Crippen molar-refractivity contribution in [1.29, 1.82) is 0 Å². The van der Waals surface area contributed by atoms with Gasteiger partial charge in [-0.3, -0.25) is 0 Å². The van der Waals surface area contributed by atoms with Gasteiger partial charge in [-0.25, -0.2) is 13.1 Å². The van der Waals surface area contributed by atoms with Gasteiger partial charge in [-0.15, -0.1) is 10.2 Å². The average molecular weight is 378 g/mol. The smallest absolute Gasteiger partial charge is 0.211 e. The maximum atomic E-state index is 12.2. The van der Waals surface area contributed by atoms with Gasteiger partial charge < -0.3 is 0 Å². The predicted molar refractivity (Wildman–Crippen MR) is 93.8 cm³/mol. The summed E-state index contributed by atoms with van der Waals surface area (Å²) in [5.41, 5.74) is 2.10. The number of aromatic nitrogens is 4. The number of benzene rings is 2. The number of aromatic amines is 1. The SMILES string of the molecule is O=S(=O)(NCCc1ccc(Cc2nn[nH]n2)cc1)c1ccc(Cl)cc1. The molecular formula is C16H16ClN5O2S. The molecule has 7 nitrogen and oxygen atoms in total. The summed E-state index contributed by atoms with van der Waals surface area (Å²) in [4.78, 5) is 0.201. The minimum Gasteiger partial charge on any atom is -0.211 e. The molecule has 0 atom stereocenters. The summed E-state index contributed by atoms with van der Waals surface area (Å²) in [5, 5.41) is 14.3. The van der Waals surface area contributed by atoms with Gasteiger partial charge >= 0.3 is 0 Å². The third kappa shape index (κ3) is 4.85. The third-order valence-electron chi connectivity index (χ3n) is 3.60. The molecule has 0 unspecified atom stereocenters. The van der Waals surface area contributed by atoms with Gasteiger partial charge in [0, 0.05) is 18.0 Å². The van der Waals surface area contributed by atoms with E-state index in [-0.39, 0.29) is 4.90 Å². The summed E-state index contributed by atoms with van der Waals surface area (Å²) < 4.78 is 27.0. The molecule has 9 heteroatoms. The normalized spacial score (nSPS) is 11.6. The van der Waals surface area contributed by atoms with Gasteiger partial charge in [0.05, 0.1) is 4.90 Å². The second-order valence-electron chi connectivity index (χ2n) is 5.42. The largest absolute Gasteiger partial charge is 0.240 e. The van der Waals surface area contributed by atoms with E-state index in [1.807, 2.05) is 24.3 Å². The van der Waals surface area contributed by atoms with Crippen molar-refractivity contribution >= 4 is 21.6 Å². The number of halogens is 1. The first kappa shape index (κ1) is 17.5. The fourth-order valence-electron chi connectivity index (χ4n) is 2.29. The zero-order chi connectivity index (χ0) is 17.7. The van der Waals surface area contributed by atoms with Crippen LogP contribution in [0.1, 0.15) is 17.0 Å². The lowest BCUT2D eigenvalue weighted by Crippen LogP contribution is -2.25. The van der Waals surface area contributed by atoms with Gasteiger partial charge in [-0.05, 0) is 41.8 Å². The minimum absolute atomic E-state index is 0.201. The molecule has 0 spiro atoms. The lowest BCUT2D eigenvalue weighted by molar-refractivity contribution is 0.581. The highest BCUT2D eigenvalue weighted by atomic mass is 35.5. The van der Waals surface area contributed by atoms with Crippen molar-refractivity contribution in [2.24, 2.45) is 0 Å². The van der Waals surface area contributed by atoms with E-state index in [0.29, 0.717) is 30.2 Å². The lowest BCUT2D eigenvalue weighted by atomic mass is 10.1. The van der Waals surface area contributed by atoms with Gasteiger partial charge in [0.1, 0.15) is 0 Å². The van der Waals surface area contributed by atoms with E-state index in [0.717, 1.165) is 11.1 Å². The summed E-state index contributed by atoms with van der Waals surface area (Å²) in [7, 11) is -3.53. The molecule has 0 aliphatic rings. The molecule has 130 valence electrons. The van der Waals surface area contributed by atoms with Crippen LogP contribution in [0.2, 0.25) is 5.02 Å². The average Bonchev–Trinajstić information content (AvgIpc) is 3.10. The minimum atomic E-state index is -3.53. The Bertz CT molecular complexity index is 910. The van der Waals surface area contributed by atoms with Crippen LogP contribution in [0, 0.1) is 0 Å². The van der Waals surface area contributed by atoms with Crippen LogP contribution in [-0.4, -0.2) is 35.6 Å². The monoisotopic (exact) mass is 377 g/mol. The lowest BCUT2D eigenvalue weighted by Gasteiger charge is -2.07. The Kier molecular flexibility index (Phi) is 5.42. The predicted octanol–water partition coefficient (Wildman–Crippen LogP) is 1.96. The van der Waals surface area contributed by atoms with Crippen molar-refractivity contribution in [2.75, 3.05) is 6.54 Å². The van der Waals surface area contributed by atoms with Crippen LogP contribution in [0.3, 0.4) is 0 Å². The highest BCUT2D eigenvalue weighted by Gasteiger charge is 2.12. The third-order valence-corrected chi connectivity index (χ3v) is 5.33. The molecule has 0 amide bonds. The number of hydrogen-bond acceptors (Lipinski definition) is 5. The Hall–Kier alpha value is -2.29. The van der Waals surface area contributed by atoms with Gasteiger partial charge in [0.2, 0.25) is 10.0 Å². The van der Waals surface area contributed by atoms with Gasteiger partial charge in [-0.1, -0.05) is 41.1 Å². The van der Waals surface area contributed by atoms with E-state index in [2.05, 4.69) is 25.3 Å². The van der Waals surface area contributed by atoms with Crippen molar-refractivity contribution in [3.05, 3.63) is 70.5 Å². The Balaban J connectivity index is 1.54. The number of hydrogen-bond donors (Lipinski definition) is 2. The summed E-state index contributed by atoms with van der Waals surface area (Å²) in [6.07, 6.45) is 1.19. The molecule has 0 radical (unpaired) electrons. The van der Waals surface area contributed by atoms with Crippen LogP contribution in [0.25, 0.3) is 0 Å². The van der Waals surface area contributed by atoms with E-state index in [4.69, 9.17) is 11.6 Å². The second-order valence-corrected chi connectivity index (χ2v) is 7.63. The zero-order valence-electron chi connectivity index (χ0n) is 13.2. The van der Waals surface area contributed by atoms with Crippen molar-refractivity contribution in [3.63, 3.8) is 0 Å². The molecule has 1 aromatic heterocycles. The first-order valence-electron chi connectivity index (χ1n) is 7.58. The van der Waals surface area contributed by atoms with Gasteiger partial charge in [-0.2, -0.15) is 5.21 Å². The Morgan fingerprint density at radius 2 is 1.68 bits per heavy atom. The van der Waals surface area contributed by atoms with Crippen molar-refractivity contribution in [1.82, 2.24) is 25.3 Å². The van der Waals surface area contributed by atoms with E-state index < -0.39 is 10.0 Å². The first-order chi connectivity index (χ1) is 12.0. The van der Waals surface area contributed by atoms with Crippen LogP contribution in [0.4, 0.5) is 0 Å². The summed E-state index contributed by atoms with van der Waals surface area (Å²) in [6.45, 7) is 0.315. The topological polar surface area (TPSA) is 101 Å². The van der Waals surface area contributed by atoms with Crippen LogP contribution in [-0.2, 0) is 22.9 Å². The number of tetrazole rings is 1. The molecule has 0 saturated carbocycles. The Labute approximate surface area is 150 Å². The molecule has 0 aliphatic carbocycles. The summed E-state index contributed by atoms with van der Waals surface area (Å²) in [6, 6.07) is 13.9. The number of sulfonamides is 1. The van der Waals surface area contributed by atoms with Crippen molar-refractivity contribution < 1.29 is 8.42 Å². The van der Waals surface area contributed by atoms with E-state index >= 15 is 0 Å². The second kappa shape index (κ2) is 7.73. The molecule has 3 aromatic rings. The highest BCUT2D eigenvalue weighted by molar-refractivity contribution is 7.89. The van der Waals surface area contributed by atoms with Crippen LogP contribution in [0.5, 0.6) is 0 Å². The van der Waals surface area contributed by atoms with Crippen LogP contribution in [0.15, 0.2) is 53.4 Å². The fourth-order valence-corrected chi connectivity index (χ4v) is 3.45. The standard InChI is InChI=1S/C16H16ClN5O2S/c17-14-5-7-15(8-6-14)25(23,24)18-10-9-12-1-3-13(4-2-12)11-16-19-21-22-20-16/h1-8,18H,9-11H2,(H,19,20,21,22).